The van der Waals surface area contributed by atoms with E-state index in [0.717, 1.165) is 0 Å². The summed E-state index contributed by atoms with van der Waals surface area (Å²) in [4.78, 5) is 14.7. The minimum atomic E-state index is -0.873. The second-order valence-corrected chi connectivity index (χ2v) is 3.96. The molecule has 0 unspecified atom stereocenters. The van der Waals surface area contributed by atoms with Gasteiger partial charge >= 0.3 is 5.97 Å². The Hall–Kier alpha value is -2.37. The molecule has 0 aliphatic carbocycles. The normalized spacial score (nSPS) is 10.4. The van der Waals surface area contributed by atoms with Crippen molar-refractivity contribution in [2.45, 2.75) is 26.4 Å². The summed E-state index contributed by atoms with van der Waals surface area (Å²) in [6, 6.07) is 6.93. The van der Waals surface area contributed by atoms with Crippen molar-refractivity contribution in [3.05, 3.63) is 41.5 Å². The fourth-order valence-corrected chi connectivity index (χ4v) is 1.56. The van der Waals surface area contributed by atoms with Crippen LogP contribution in [0, 0.1) is 0 Å². The van der Waals surface area contributed by atoms with E-state index in [-0.39, 0.29) is 13.0 Å². The predicted octanol–water partition coefficient (Wildman–Crippen LogP) is 1.84. The number of aryl methyl sites for hydroxylation is 1. The molecule has 1 heterocycles. The van der Waals surface area contributed by atoms with Crippen LogP contribution < -0.4 is 4.74 Å². The lowest BCUT2D eigenvalue weighted by Gasteiger charge is -2.04. The van der Waals surface area contributed by atoms with Gasteiger partial charge in [0.05, 0.1) is 6.42 Å². The SMILES string of the molecule is CCc1noc(COc2cccc(CC(=O)O)c2)n1. The van der Waals surface area contributed by atoms with Crippen molar-refractivity contribution in [3.63, 3.8) is 0 Å². The fraction of sp³-hybridized carbons (Fsp3) is 0.308. The minimum absolute atomic E-state index is 0.0300. The van der Waals surface area contributed by atoms with Crippen LogP contribution >= 0.6 is 0 Å². The summed E-state index contributed by atoms with van der Waals surface area (Å²) in [7, 11) is 0. The molecule has 0 saturated heterocycles. The minimum Gasteiger partial charge on any atom is -0.484 e. The molecule has 6 nitrogen and oxygen atoms in total. The number of nitrogens with zero attached hydrogens (tertiary/aromatic N) is 2. The van der Waals surface area contributed by atoms with Gasteiger partial charge in [0.15, 0.2) is 12.4 Å². The first kappa shape index (κ1) is 13.1. The molecule has 0 atom stereocenters. The van der Waals surface area contributed by atoms with E-state index in [0.29, 0.717) is 29.4 Å². The number of hydrogen-bond donors (Lipinski definition) is 1. The highest BCUT2D eigenvalue weighted by atomic mass is 16.5. The Morgan fingerprint density at radius 2 is 2.32 bits per heavy atom. The van der Waals surface area contributed by atoms with Gasteiger partial charge in [-0.05, 0) is 17.7 Å². The smallest absolute Gasteiger partial charge is 0.307 e. The fourth-order valence-electron chi connectivity index (χ4n) is 1.56. The third-order valence-corrected chi connectivity index (χ3v) is 2.44. The Morgan fingerprint density at radius 3 is 3.00 bits per heavy atom. The molecule has 1 aromatic heterocycles. The standard InChI is InChI=1S/C13H14N2O4/c1-2-11-14-12(19-15-11)8-18-10-5-3-4-9(6-10)7-13(16)17/h3-6H,2,7-8H2,1H3,(H,16,17). The number of rotatable bonds is 6. The van der Waals surface area contributed by atoms with Crippen LogP contribution in [0.4, 0.5) is 0 Å². The molecule has 0 bridgehead atoms. The van der Waals surface area contributed by atoms with Gasteiger partial charge in [-0.2, -0.15) is 4.98 Å². The van der Waals surface area contributed by atoms with Crippen LogP contribution in [0.3, 0.4) is 0 Å². The molecule has 1 aromatic carbocycles. The number of carboxylic acids is 1. The molecule has 100 valence electrons. The van der Waals surface area contributed by atoms with E-state index in [2.05, 4.69) is 10.1 Å². The highest BCUT2D eigenvalue weighted by Gasteiger charge is 2.06. The molecule has 0 spiro atoms. The average molecular weight is 262 g/mol. The largest absolute Gasteiger partial charge is 0.484 e. The van der Waals surface area contributed by atoms with Crippen molar-refractivity contribution >= 4 is 5.97 Å². The van der Waals surface area contributed by atoms with Crippen molar-refractivity contribution < 1.29 is 19.2 Å². The highest BCUT2D eigenvalue weighted by Crippen LogP contribution is 2.15. The summed E-state index contributed by atoms with van der Waals surface area (Å²) >= 11 is 0. The van der Waals surface area contributed by atoms with Crippen molar-refractivity contribution in [1.82, 2.24) is 10.1 Å². The number of carbonyl (C=O) groups is 1. The van der Waals surface area contributed by atoms with Crippen LogP contribution in [-0.2, 0) is 24.2 Å². The second kappa shape index (κ2) is 5.99. The zero-order valence-electron chi connectivity index (χ0n) is 10.5. The summed E-state index contributed by atoms with van der Waals surface area (Å²) < 4.78 is 10.5. The number of carboxylic acid groups (broad SMARTS) is 1. The first-order valence-corrected chi connectivity index (χ1v) is 5.92. The van der Waals surface area contributed by atoms with E-state index in [9.17, 15) is 4.79 Å². The van der Waals surface area contributed by atoms with Crippen LogP contribution in [0.15, 0.2) is 28.8 Å². The van der Waals surface area contributed by atoms with Crippen LogP contribution in [0.1, 0.15) is 24.2 Å². The molecule has 1 N–H and O–H groups in total. The second-order valence-electron chi connectivity index (χ2n) is 3.96. The monoisotopic (exact) mass is 262 g/mol. The molecule has 0 aliphatic heterocycles. The summed E-state index contributed by atoms with van der Waals surface area (Å²) in [5.41, 5.74) is 0.685. The Labute approximate surface area is 110 Å². The van der Waals surface area contributed by atoms with E-state index >= 15 is 0 Å². The maximum Gasteiger partial charge on any atom is 0.307 e. The Balaban J connectivity index is 1.97. The Kier molecular flexibility index (Phi) is 4.12. The van der Waals surface area contributed by atoms with Gasteiger partial charge in [0.2, 0.25) is 0 Å². The molecule has 0 fully saturated rings. The highest BCUT2D eigenvalue weighted by molar-refractivity contribution is 5.70. The Bertz CT molecular complexity index is 565. The van der Waals surface area contributed by atoms with Crippen molar-refractivity contribution in [1.29, 1.82) is 0 Å². The maximum absolute atomic E-state index is 10.6. The van der Waals surface area contributed by atoms with E-state index in [1.54, 1.807) is 24.3 Å². The molecule has 19 heavy (non-hydrogen) atoms. The molecule has 2 rings (SSSR count). The zero-order chi connectivity index (χ0) is 13.7. The number of benzene rings is 1. The maximum atomic E-state index is 10.6. The van der Waals surface area contributed by atoms with Gasteiger partial charge in [-0.25, -0.2) is 0 Å². The quantitative estimate of drug-likeness (QED) is 0.854. The van der Waals surface area contributed by atoms with E-state index in [4.69, 9.17) is 14.4 Å². The summed E-state index contributed by atoms with van der Waals surface area (Å²) in [5, 5.41) is 12.5. The van der Waals surface area contributed by atoms with Gasteiger partial charge in [-0.15, -0.1) is 0 Å². The van der Waals surface area contributed by atoms with E-state index in [1.807, 2.05) is 6.92 Å². The lowest BCUT2D eigenvalue weighted by molar-refractivity contribution is -0.136. The van der Waals surface area contributed by atoms with Gasteiger partial charge < -0.3 is 14.4 Å². The molecule has 0 radical (unpaired) electrons. The van der Waals surface area contributed by atoms with Crippen molar-refractivity contribution in [2.75, 3.05) is 0 Å². The lowest BCUT2D eigenvalue weighted by Crippen LogP contribution is -2.01. The van der Waals surface area contributed by atoms with E-state index < -0.39 is 5.97 Å². The number of aromatic nitrogens is 2. The van der Waals surface area contributed by atoms with Gasteiger partial charge in [0.25, 0.3) is 5.89 Å². The first-order valence-electron chi connectivity index (χ1n) is 5.92. The third kappa shape index (κ3) is 3.80. The van der Waals surface area contributed by atoms with Gasteiger partial charge in [-0.1, -0.05) is 24.2 Å². The Morgan fingerprint density at radius 1 is 1.47 bits per heavy atom. The summed E-state index contributed by atoms with van der Waals surface area (Å²) in [5.74, 6) is 0.746. The zero-order valence-corrected chi connectivity index (χ0v) is 10.5. The van der Waals surface area contributed by atoms with Gasteiger partial charge in [-0.3, -0.25) is 4.79 Å². The number of aliphatic carboxylic acids is 1. The molecule has 6 heteroatoms. The number of hydrogen-bond acceptors (Lipinski definition) is 5. The molecule has 0 aliphatic rings. The molecule has 0 saturated carbocycles. The van der Waals surface area contributed by atoms with E-state index in [1.165, 1.54) is 0 Å². The third-order valence-electron chi connectivity index (χ3n) is 2.44. The molecule has 0 amide bonds. The van der Waals surface area contributed by atoms with Gasteiger partial charge in [0, 0.05) is 6.42 Å². The van der Waals surface area contributed by atoms with Crippen molar-refractivity contribution in [2.24, 2.45) is 0 Å². The van der Waals surface area contributed by atoms with Crippen molar-refractivity contribution in [3.8, 4) is 5.75 Å². The first-order chi connectivity index (χ1) is 9.17. The van der Waals surface area contributed by atoms with Gasteiger partial charge in [0.1, 0.15) is 5.75 Å². The molecular weight excluding hydrogens is 248 g/mol. The van der Waals surface area contributed by atoms with Crippen LogP contribution in [0.2, 0.25) is 0 Å². The molecule has 2 aromatic rings. The topological polar surface area (TPSA) is 85.5 Å². The van der Waals surface area contributed by atoms with Crippen LogP contribution in [0.5, 0.6) is 5.75 Å². The summed E-state index contributed by atoms with van der Waals surface area (Å²) in [6.45, 7) is 2.11. The number of ether oxygens (including phenoxy) is 1. The van der Waals surface area contributed by atoms with Crippen LogP contribution in [-0.4, -0.2) is 21.2 Å². The average Bonchev–Trinajstić information content (AvgIpc) is 2.84. The lowest BCUT2D eigenvalue weighted by atomic mass is 10.1. The summed E-state index contributed by atoms with van der Waals surface area (Å²) in [6.07, 6.45) is 0.676. The van der Waals surface area contributed by atoms with Crippen LogP contribution in [0.25, 0.3) is 0 Å². The predicted molar refractivity (Wildman–Crippen MR) is 65.8 cm³/mol. The molecular formula is C13H14N2O4.